The molecule has 0 amide bonds. The highest BCUT2D eigenvalue weighted by atomic mass is 35.5. The maximum absolute atomic E-state index is 9.88. The fourth-order valence-corrected chi connectivity index (χ4v) is 4.09. The third kappa shape index (κ3) is 2.68. The van der Waals surface area contributed by atoms with Crippen molar-refractivity contribution in [2.24, 2.45) is 10.7 Å². The lowest BCUT2D eigenvalue weighted by atomic mass is 9.90. The molecule has 1 atom stereocenters. The van der Waals surface area contributed by atoms with Gasteiger partial charge in [0.25, 0.3) is 0 Å². The Morgan fingerprint density at radius 2 is 1.85 bits per heavy atom. The Morgan fingerprint density at radius 3 is 2.50 bits per heavy atom. The van der Waals surface area contributed by atoms with Crippen LogP contribution in [-0.2, 0) is 5.54 Å². The molecule has 0 saturated carbocycles. The summed E-state index contributed by atoms with van der Waals surface area (Å²) in [5.41, 5.74) is 9.18. The molecule has 2 aliphatic heterocycles. The number of aliphatic imine (C=N–C) groups is 1. The fourth-order valence-electron chi connectivity index (χ4n) is 3.00. The van der Waals surface area contributed by atoms with Gasteiger partial charge in [0.05, 0.1) is 5.70 Å². The Morgan fingerprint density at radius 1 is 1.15 bits per heavy atom. The van der Waals surface area contributed by atoms with E-state index in [1.165, 1.54) is 17.3 Å². The van der Waals surface area contributed by atoms with Crippen LogP contribution in [0, 0.1) is 18.3 Å². The number of hydrogen-bond donors (Lipinski definition) is 1. The molecule has 1 unspecified atom stereocenters. The number of aryl methyl sites for hydroxylation is 1. The molecule has 2 aliphatic rings. The molecule has 0 bridgehead atoms. The van der Waals surface area contributed by atoms with Crippen molar-refractivity contribution in [2.75, 3.05) is 0 Å². The molecule has 6 heteroatoms. The fraction of sp³-hybridized carbons (Fsp3) is 0.100. The topological polar surface area (TPSA) is 65.4 Å². The van der Waals surface area contributed by atoms with Crippen molar-refractivity contribution in [2.45, 2.75) is 12.5 Å². The van der Waals surface area contributed by atoms with Gasteiger partial charge in [0.1, 0.15) is 11.9 Å². The Kier molecular flexibility index (Phi) is 4.03. The number of nitriles is 1. The quantitative estimate of drug-likeness (QED) is 0.830. The third-order valence-corrected chi connectivity index (χ3v) is 5.47. The predicted octanol–water partition coefficient (Wildman–Crippen LogP) is 4.58. The second kappa shape index (κ2) is 6.24. The number of halogens is 1. The maximum atomic E-state index is 9.88. The Bertz CT molecular complexity index is 1000. The van der Waals surface area contributed by atoms with Gasteiger partial charge in [-0.25, -0.2) is 4.99 Å². The highest BCUT2D eigenvalue weighted by Crippen LogP contribution is 2.42. The molecule has 0 radical (unpaired) electrons. The van der Waals surface area contributed by atoms with Crippen molar-refractivity contribution in [1.82, 2.24) is 4.90 Å². The summed E-state index contributed by atoms with van der Waals surface area (Å²) in [7, 11) is 0. The smallest absolute Gasteiger partial charge is 0.196 e. The van der Waals surface area contributed by atoms with Crippen LogP contribution in [0.15, 0.2) is 70.8 Å². The molecule has 0 aromatic heterocycles. The summed E-state index contributed by atoms with van der Waals surface area (Å²) in [6.45, 7) is 2.05. The first-order valence-corrected chi connectivity index (χ1v) is 9.28. The minimum absolute atomic E-state index is 0.489. The molecule has 0 spiro atoms. The van der Waals surface area contributed by atoms with Gasteiger partial charge in [-0.2, -0.15) is 5.26 Å². The van der Waals surface area contributed by atoms with Crippen molar-refractivity contribution < 1.29 is 0 Å². The number of benzene rings is 2. The molecule has 26 heavy (non-hydrogen) atoms. The molecule has 4 rings (SSSR count). The highest BCUT2D eigenvalue weighted by molar-refractivity contribution is 8.16. The maximum Gasteiger partial charge on any atom is 0.196 e. The number of hydrogen-bond acceptors (Lipinski definition) is 5. The second-order valence-corrected chi connectivity index (χ2v) is 7.44. The molecule has 2 N–H and O–H groups in total. The van der Waals surface area contributed by atoms with Gasteiger partial charge in [0.15, 0.2) is 10.7 Å². The van der Waals surface area contributed by atoms with E-state index in [4.69, 9.17) is 22.3 Å². The molecule has 0 saturated heterocycles. The first kappa shape index (κ1) is 16.8. The van der Waals surface area contributed by atoms with Crippen LogP contribution in [0.4, 0.5) is 0 Å². The van der Waals surface area contributed by atoms with Gasteiger partial charge in [-0.05, 0) is 30.2 Å². The minimum Gasteiger partial charge on any atom is -0.385 e. The number of fused-ring (bicyclic) bond motifs is 1. The van der Waals surface area contributed by atoms with Crippen LogP contribution in [0.5, 0.6) is 0 Å². The highest BCUT2D eigenvalue weighted by Gasteiger charge is 2.39. The summed E-state index contributed by atoms with van der Waals surface area (Å²) in [6.07, 6.45) is 1.70. The van der Waals surface area contributed by atoms with Crippen LogP contribution in [0.3, 0.4) is 0 Å². The van der Waals surface area contributed by atoms with E-state index in [2.05, 4.69) is 37.3 Å². The molecular weight excluding hydrogens is 364 g/mol. The lowest BCUT2D eigenvalue weighted by molar-refractivity contribution is 0.613. The largest absolute Gasteiger partial charge is 0.385 e. The van der Waals surface area contributed by atoms with E-state index < -0.39 is 5.54 Å². The number of nitrogens with zero attached hydrogens (tertiary/aromatic N) is 3. The average molecular weight is 379 g/mol. The Hall–Kier alpha value is -2.68. The van der Waals surface area contributed by atoms with Crippen LogP contribution in [0.2, 0.25) is 5.02 Å². The van der Waals surface area contributed by atoms with Crippen LogP contribution in [-0.4, -0.2) is 10.1 Å². The summed E-state index contributed by atoms with van der Waals surface area (Å²) >= 11 is 7.44. The SMILES string of the molecule is Cc1ccc(C2=CSC3=NC(C#N)(c4ccc(Cl)cc4)C=C(N)N23)cc1. The number of amidine groups is 1. The molecule has 4 nitrogen and oxygen atoms in total. The zero-order valence-electron chi connectivity index (χ0n) is 14.0. The molecule has 128 valence electrons. The summed E-state index contributed by atoms with van der Waals surface area (Å²) in [4.78, 5) is 6.62. The summed E-state index contributed by atoms with van der Waals surface area (Å²) < 4.78 is 0. The van der Waals surface area contributed by atoms with E-state index in [0.717, 1.165) is 16.8 Å². The van der Waals surface area contributed by atoms with Crippen molar-refractivity contribution in [3.63, 3.8) is 0 Å². The lowest BCUT2D eigenvalue weighted by Gasteiger charge is -2.32. The second-order valence-electron chi connectivity index (χ2n) is 6.17. The van der Waals surface area contributed by atoms with Gasteiger partial charge in [-0.1, -0.05) is 65.3 Å². The summed E-state index contributed by atoms with van der Waals surface area (Å²) in [5, 5.41) is 13.2. The van der Waals surface area contributed by atoms with Crippen molar-refractivity contribution in [1.29, 1.82) is 5.26 Å². The minimum atomic E-state index is -1.15. The normalized spacial score (nSPS) is 21.4. The first-order chi connectivity index (χ1) is 12.5. The molecular formula is C20H15ClN4S. The van der Waals surface area contributed by atoms with E-state index >= 15 is 0 Å². The van der Waals surface area contributed by atoms with Crippen molar-refractivity contribution in [3.8, 4) is 6.07 Å². The van der Waals surface area contributed by atoms with Gasteiger partial charge < -0.3 is 5.73 Å². The standard InChI is InChI=1S/C20H15ClN4S/c1-13-2-4-14(5-3-13)17-11-26-19-24-20(12-22,10-18(23)25(17)19)15-6-8-16(21)9-7-15/h2-11H,23H2,1H3. The van der Waals surface area contributed by atoms with E-state index in [0.29, 0.717) is 16.0 Å². The average Bonchev–Trinajstić information content (AvgIpc) is 3.07. The van der Waals surface area contributed by atoms with E-state index in [1.807, 2.05) is 22.4 Å². The number of nitrogens with two attached hydrogens (primary N) is 1. The third-order valence-electron chi connectivity index (χ3n) is 4.40. The molecule has 2 aromatic carbocycles. The van der Waals surface area contributed by atoms with E-state index in [9.17, 15) is 5.26 Å². The van der Waals surface area contributed by atoms with Crippen LogP contribution in [0.1, 0.15) is 16.7 Å². The Labute approximate surface area is 161 Å². The first-order valence-electron chi connectivity index (χ1n) is 8.02. The Balaban J connectivity index is 1.75. The van der Waals surface area contributed by atoms with Gasteiger partial charge in [0.2, 0.25) is 0 Å². The zero-order valence-corrected chi connectivity index (χ0v) is 15.6. The summed E-state index contributed by atoms with van der Waals surface area (Å²) in [5.74, 6) is 0.489. The number of rotatable bonds is 2. The van der Waals surface area contributed by atoms with Crippen LogP contribution < -0.4 is 5.73 Å². The summed E-state index contributed by atoms with van der Waals surface area (Å²) in [6, 6.07) is 17.7. The van der Waals surface area contributed by atoms with Gasteiger partial charge >= 0.3 is 0 Å². The zero-order chi connectivity index (χ0) is 18.3. The van der Waals surface area contributed by atoms with Crippen LogP contribution in [0.25, 0.3) is 5.70 Å². The molecule has 0 fully saturated rings. The van der Waals surface area contributed by atoms with Crippen molar-refractivity contribution >= 4 is 34.2 Å². The van der Waals surface area contributed by atoms with Gasteiger partial charge in [0, 0.05) is 16.5 Å². The molecule has 0 aliphatic carbocycles. The van der Waals surface area contributed by atoms with Crippen LogP contribution >= 0.6 is 23.4 Å². The van der Waals surface area contributed by atoms with Crippen molar-refractivity contribution in [3.05, 3.63) is 87.5 Å². The predicted molar refractivity (Wildman–Crippen MR) is 107 cm³/mol. The number of thioether (sulfide) groups is 1. The van der Waals surface area contributed by atoms with Gasteiger partial charge in [-0.3, -0.25) is 4.90 Å². The molecule has 2 aromatic rings. The van der Waals surface area contributed by atoms with E-state index in [-0.39, 0.29) is 0 Å². The monoisotopic (exact) mass is 378 g/mol. The molecule has 2 heterocycles. The lowest BCUT2D eigenvalue weighted by Crippen LogP contribution is -2.37. The van der Waals surface area contributed by atoms with E-state index in [1.54, 1.807) is 18.2 Å². The van der Waals surface area contributed by atoms with Gasteiger partial charge in [-0.15, -0.1) is 0 Å².